The second-order valence-electron chi connectivity index (χ2n) is 5.29. The van der Waals surface area contributed by atoms with E-state index < -0.39 is 5.82 Å². The van der Waals surface area contributed by atoms with Crippen LogP contribution in [0.2, 0.25) is 0 Å². The molecule has 0 radical (unpaired) electrons. The number of amides is 1. The fourth-order valence-electron chi connectivity index (χ4n) is 2.89. The number of pyridine rings is 1. The van der Waals surface area contributed by atoms with Crippen LogP contribution in [0.3, 0.4) is 0 Å². The number of carbonyl (C=O) groups excluding carboxylic acids is 1. The van der Waals surface area contributed by atoms with E-state index in [-0.39, 0.29) is 24.1 Å². The molecular weight excluding hydrogens is 259 g/mol. The van der Waals surface area contributed by atoms with Gasteiger partial charge in [-0.05, 0) is 25.8 Å². The highest BCUT2D eigenvalue weighted by atomic mass is 19.1. The maximum atomic E-state index is 13.2. The summed E-state index contributed by atoms with van der Waals surface area (Å²) in [6, 6.07) is 2.53. The van der Waals surface area contributed by atoms with E-state index in [2.05, 4.69) is 0 Å². The molecule has 5 heteroatoms. The van der Waals surface area contributed by atoms with Gasteiger partial charge in [0.15, 0.2) is 0 Å². The number of aromatic nitrogens is 1. The van der Waals surface area contributed by atoms with Crippen LogP contribution in [0.5, 0.6) is 0 Å². The van der Waals surface area contributed by atoms with Crippen molar-refractivity contribution in [2.75, 3.05) is 6.54 Å². The minimum Gasteiger partial charge on any atom is -0.338 e. The summed E-state index contributed by atoms with van der Waals surface area (Å²) in [5.74, 6) is -0.606. The fourth-order valence-corrected chi connectivity index (χ4v) is 2.89. The van der Waals surface area contributed by atoms with Crippen LogP contribution in [0, 0.1) is 5.82 Å². The molecule has 20 heavy (non-hydrogen) atoms. The summed E-state index contributed by atoms with van der Waals surface area (Å²) < 4.78 is 14.3. The van der Waals surface area contributed by atoms with Gasteiger partial charge in [-0.3, -0.25) is 9.59 Å². The number of carbonyl (C=O) groups is 1. The lowest BCUT2D eigenvalue weighted by atomic mass is 9.94. The smallest absolute Gasteiger partial charge is 0.251 e. The predicted octanol–water partition coefficient (Wildman–Crippen LogP) is 2.17. The predicted molar refractivity (Wildman–Crippen MR) is 74.9 cm³/mol. The van der Waals surface area contributed by atoms with Gasteiger partial charge in [-0.2, -0.15) is 0 Å². The Morgan fingerprint density at radius 3 is 2.70 bits per heavy atom. The molecule has 0 aromatic carbocycles. The lowest BCUT2D eigenvalue weighted by Gasteiger charge is -2.33. The van der Waals surface area contributed by atoms with Gasteiger partial charge in [0.25, 0.3) is 5.56 Å². The van der Waals surface area contributed by atoms with E-state index in [1.165, 1.54) is 6.42 Å². The summed E-state index contributed by atoms with van der Waals surface area (Å²) in [6.45, 7) is 2.50. The third-order valence-electron chi connectivity index (χ3n) is 3.93. The maximum absolute atomic E-state index is 13.2. The Kier molecular flexibility index (Phi) is 4.93. The van der Waals surface area contributed by atoms with Gasteiger partial charge in [-0.1, -0.05) is 19.3 Å². The number of hydrogen-bond donors (Lipinski definition) is 0. The highest BCUT2D eigenvalue weighted by molar-refractivity contribution is 5.76. The lowest BCUT2D eigenvalue weighted by molar-refractivity contribution is -0.134. The van der Waals surface area contributed by atoms with E-state index in [1.54, 1.807) is 0 Å². The molecule has 1 aliphatic rings. The summed E-state index contributed by atoms with van der Waals surface area (Å²) in [6.07, 6.45) is 6.67. The van der Waals surface area contributed by atoms with Crippen LogP contribution >= 0.6 is 0 Å². The second-order valence-corrected chi connectivity index (χ2v) is 5.29. The van der Waals surface area contributed by atoms with Crippen molar-refractivity contribution in [2.45, 2.75) is 51.6 Å². The molecule has 0 spiro atoms. The fraction of sp³-hybridized carbons (Fsp3) is 0.600. The Labute approximate surface area is 118 Å². The Morgan fingerprint density at radius 2 is 2.05 bits per heavy atom. The van der Waals surface area contributed by atoms with E-state index in [1.807, 2.05) is 11.8 Å². The summed E-state index contributed by atoms with van der Waals surface area (Å²) in [5.41, 5.74) is -0.348. The van der Waals surface area contributed by atoms with Crippen LogP contribution in [0.25, 0.3) is 0 Å². The molecule has 0 atom stereocenters. The molecular formula is C15H21FN2O2. The number of likely N-dealkylation sites (N-methyl/N-ethyl adjacent to an activating group) is 1. The highest BCUT2D eigenvalue weighted by Crippen LogP contribution is 2.22. The van der Waals surface area contributed by atoms with Crippen molar-refractivity contribution in [1.29, 1.82) is 0 Å². The molecule has 1 saturated carbocycles. The molecule has 0 unspecified atom stereocenters. The monoisotopic (exact) mass is 280 g/mol. The topological polar surface area (TPSA) is 42.3 Å². The van der Waals surface area contributed by atoms with Crippen molar-refractivity contribution in [3.63, 3.8) is 0 Å². The maximum Gasteiger partial charge on any atom is 0.251 e. The molecule has 110 valence electrons. The molecule has 1 aliphatic carbocycles. The largest absolute Gasteiger partial charge is 0.338 e. The van der Waals surface area contributed by atoms with E-state index >= 15 is 0 Å². The molecule has 0 saturated heterocycles. The van der Waals surface area contributed by atoms with Crippen LogP contribution in [-0.2, 0) is 11.3 Å². The van der Waals surface area contributed by atoms with E-state index in [0.29, 0.717) is 6.54 Å². The molecule has 0 aliphatic heterocycles. The Balaban J connectivity index is 2.08. The van der Waals surface area contributed by atoms with E-state index in [0.717, 1.165) is 48.6 Å². The summed E-state index contributed by atoms with van der Waals surface area (Å²) in [7, 11) is 0. The summed E-state index contributed by atoms with van der Waals surface area (Å²) in [5, 5.41) is 0. The van der Waals surface area contributed by atoms with Gasteiger partial charge in [0.2, 0.25) is 5.91 Å². The number of hydrogen-bond acceptors (Lipinski definition) is 2. The number of nitrogens with zero attached hydrogens (tertiary/aromatic N) is 2. The zero-order valence-electron chi connectivity index (χ0n) is 11.8. The standard InChI is InChI=1S/C15H21FN2O2/c1-2-18(13-6-4-3-5-7-13)15(20)11-17-10-12(16)8-9-14(17)19/h8-10,13H,2-7,11H2,1H3. The Morgan fingerprint density at radius 1 is 1.35 bits per heavy atom. The number of rotatable bonds is 4. The summed E-state index contributed by atoms with van der Waals surface area (Å²) >= 11 is 0. The van der Waals surface area contributed by atoms with Gasteiger partial charge in [0.05, 0.1) is 0 Å². The molecule has 0 bridgehead atoms. The van der Waals surface area contributed by atoms with Crippen molar-refractivity contribution < 1.29 is 9.18 Å². The van der Waals surface area contributed by atoms with Gasteiger partial charge in [0, 0.05) is 24.8 Å². The minimum absolute atomic E-state index is 0.0824. The Bertz CT molecular complexity index is 521. The Hall–Kier alpha value is -1.65. The van der Waals surface area contributed by atoms with Crippen LogP contribution < -0.4 is 5.56 Å². The third kappa shape index (κ3) is 3.46. The zero-order valence-corrected chi connectivity index (χ0v) is 11.8. The van der Waals surface area contributed by atoms with Gasteiger partial charge >= 0.3 is 0 Å². The van der Waals surface area contributed by atoms with Gasteiger partial charge in [0.1, 0.15) is 12.4 Å². The lowest BCUT2D eigenvalue weighted by Crippen LogP contribution is -2.43. The molecule has 1 amide bonds. The van der Waals surface area contributed by atoms with Crippen molar-refractivity contribution in [3.8, 4) is 0 Å². The molecule has 1 aromatic rings. The molecule has 4 nitrogen and oxygen atoms in total. The highest BCUT2D eigenvalue weighted by Gasteiger charge is 2.24. The average molecular weight is 280 g/mol. The van der Waals surface area contributed by atoms with Crippen LogP contribution in [0.4, 0.5) is 4.39 Å². The van der Waals surface area contributed by atoms with Crippen molar-refractivity contribution in [3.05, 3.63) is 34.5 Å². The molecule has 1 aromatic heterocycles. The normalized spacial score (nSPS) is 16.1. The SMILES string of the molecule is CCN(C(=O)Cn1cc(F)ccc1=O)C1CCCCC1. The molecule has 0 N–H and O–H groups in total. The number of halogens is 1. The van der Waals surface area contributed by atoms with Crippen LogP contribution in [0.1, 0.15) is 39.0 Å². The minimum atomic E-state index is -0.502. The second kappa shape index (κ2) is 6.68. The summed E-state index contributed by atoms with van der Waals surface area (Å²) in [4.78, 5) is 25.8. The van der Waals surface area contributed by atoms with Gasteiger partial charge in [-0.25, -0.2) is 4.39 Å². The molecule has 1 fully saturated rings. The van der Waals surface area contributed by atoms with Crippen molar-refractivity contribution in [2.24, 2.45) is 0 Å². The molecule has 2 rings (SSSR count). The average Bonchev–Trinajstić information content (AvgIpc) is 2.45. The zero-order chi connectivity index (χ0) is 14.5. The van der Waals surface area contributed by atoms with Crippen LogP contribution in [0.15, 0.2) is 23.1 Å². The van der Waals surface area contributed by atoms with Crippen molar-refractivity contribution in [1.82, 2.24) is 9.47 Å². The van der Waals surface area contributed by atoms with E-state index in [4.69, 9.17) is 0 Å². The first-order valence-electron chi connectivity index (χ1n) is 7.27. The first-order chi connectivity index (χ1) is 9.61. The van der Waals surface area contributed by atoms with Gasteiger partial charge in [-0.15, -0.1) is 0 Å². The quantitative estimate of drug-likeness (QED) is 0.848. The van der Waals surface area contributed by atoms with Crippen LogP contribution in [-0.4, -0.2) is 28.0 Å². The first kappa shape index (κ1) is 14.8. The van der Waals surface area contributed by atoms with Crippen molar-refractivity contribution >= 4 is 5.91 Å². The van der Waals surface area contributed by atoms with E-state index in [9.17, 15) is 14.0 Å². The first-order valence-corrected chi connectivity index (χ1v) is 7.27. The molecule has 1 heterocycles. The van der Waals surface area contributed by atoms with Gasteiger partial charge < -0.3 is 9.47 Å². The third-order valence-corrected chi connectivity index (χ3v) is 3.93.